The number of nitrogens with zero attached hydrogens (tertiary/aromatic N) is 2. The van der Waals surface area contributed by atoms with Crippen LogP contribution in [0.15, 0.2) is 34.8 Å². The molecule has 0 unspecified atom stereocenters. The number of pyridine rings is 1. The molecule has 0 aliphatic carbocycles. The quantitative estimate of drug-likeness (QED) is 0.690. The Kier molecular flexibility index (Phi) is 3.61. The topological polar surface area (TPSA) is 91.3 Å². The van der Waals surface area contributed by atoms with Crippen molar-refractivity contribution in [3.63, 3.8) is 0 Å². The highest BCUT2D eigenvalue weighted by atomic mass is 79.9. The molecule has 2 aromatic rings. The third-order valence-corrected chi connectivity index (χ3v) is 2.67. The van der Waals surface area contributed by atoms with Gasteiger partial charge in [-0.3, -0.25) is 10.1 Å². The Bertz CT molecular complexity index is 651. The summed E-state index contributed by atoms with van der Waals surface area (Å²) in [5.41, 5.74) is 5.08. The van der Waals surface area contributed by atoms with Crippen molar-refractivity contribution < 1.29 is 14.1 Å². The second-order valence-electron chi connectivity index (χ2n) is 3.49. The molecule has 0 saturated carbocycles. The molecule has 0 aliphatic rings. The summed E-state index contributed by atoms with van der Waals surface area (Å²) in [6, 6.07) is 6.53. The fourth-order valence-corrected chi connectivity index (χ4v) is 1.67. The third kappa shape index (κ3) is 2.97. The highest BCUT2D eigenvalue weighted by Gasteiger charge is 2.14. The average molecular weight is 328 g/mol. The van der Waals surface area contributed by atoms with E-state index in [0.29, 0.717) is 4.47 Å². The number of nitro groups is 1. The summed E-state index contributed by atoms with van der Waals surface area (Å²) >= 11 is 3.17. The number of hydrogen-bond acceptors (Lipinski definition) is 5. The van der Waals surface area contributed by atoms with E-state index in [-0.39, 0.29) is 23.1 Å². The molecular formula is C11H7BrFN3O3. The Balaban J connectivity index is 2.31. The number of halogens is 2. The molecule has 0 saturated heterocycles. The molecule has 98 valence electrons. The van der Waals surface area contributed by atoms with Crippen molar-refractivity contribution in [2.75, 3.05) is 5.73 Å². The number of aromatic nitrogens is 1. The Morgan fingerprint density at radius 3 is 2.74 bits per heavy atom. The summed E-state index contributed by atoms with van der Waals surface area (Å²) in [7, 11) is 0. The van der Waals surface area contributed by atoms with Gasteiger partial charge in [-0.05, 0) is 18.2 Å². The Morgan fingerprint density at radius 2 is 2.11 bits per heavy atom. The number of benzene rings is 1. The fourth-order valence-electron chi connectivity index (χ4n) is 1.33. The minimum Gasteiger partial charge on any atom is -0.436 e. The maximum Gasteiger partial charge on any atom is 0.311 e. The molecule has 1 heterocycles. The average Bonchev–Trinajstić information content (AvgIpc) is 2.33. The molecule has 0 amide bonds. The molecule has 0 spiro atoms. The van der Waals surface area contributed by atoms with Gasteiger partial charge < -0.3 is 10.5 Å². The number of rotatable bonds is 3. The van der Waals surface area contributed by atoms with Crippen LogP contribution in [0.25, 0.3) is 0 Å². The summed E-state index contributed by atoms with van der Waals surface area (Å²) in [6.07, 6.45) is 0. The maximum absolute atomic E-state index is 13.5. The lowest BCUT2D eigenvalue weighted by Crippen LogP contribution is -2.00. The largest absolute Gasteiger partial charge is 0.436 e. The first-order valence-corrected chi connectivity index (χ1v) is 5.80. The molecular weight excluding hydrogens is 321 g/mol. The lowest BCUT2D eigenvalue weighted by Gasteiger charge is -2.06. The zero-order chi connectivity index (χ0) is 14.0. The van der Waals surface area contributed by atoms with Gasteiger partial charge in [0.05, 0.1) is 4.92 Å². The zero-order valence-electron chi connectivity index (χ0n) is 9.34. The van der Waals surface area contributed by atoms with E-state index in [1.165, 1.54) is 24.3 Å². The molecule has 1 aromatic carbocycles. The lowest BCUT2D eigenvalue weighted by molar-refractivity contribution is -0.384. The van der Waals surface area contributed by atoms with Crippen LogP contribution >= 0.6 is 15.9 Å². The van der Waals surface area contributed by atoms with Gasteiger partial charge in [0.2, 0.25) is 11.7 Å². The van der Waals surface area contributed by atoms with E-state index in [0.717, 1.165) is 6.07 Å². The fraction of sp³-hybridized carbons (Fsp3) is 0. The summed E-state index contributed by atoms with van der Waals surface area (Å²) < 4.78 is 19.3. The van der Waals surface area contributed by atoms with Crippen LogP contribution < -0.4 is 10.5 Å². The molecule has 8 heteroatoms. The first kappa shape index (κ1) is 13.2. The zero-order valence-corrected chi connectivity index (χ0v) is 10.9. The molecule has 0 radical (unpaired) electrons. The molecule has 0 aliphatic heterocycles. The number of nitrogens with two attached hydrogens (primary N) is 1. The van der Waals surface area contributed by atoms with Gasteiger partial charge in [0, 0.05) is 16.6 Å². The van der Waals surface area contributed by atoms with E-state index in [9.17, 15) is 14.5 Å². The summed E-state index contributed by atoms with van der Waals surface area (Å²) in [6.45, 7) is 0. The van der Waals surface area contributed by atoms with Gasteiger partial charge in [0.15, 0.2) is 11.6 Å². The van der Waals surface area contributed by atoms with Crippen molar-refractivity contribution in [2.45, 2.75) is 0 Å². The lowest BCUT2D eigenvalue weighted by atomic mass is 10.3. The minimum absolute atomic E-state index is 0.0277. The van der Waals surface area contributed by atoms with Crippen molar-refractivity contribution in [1.29, 1.82) is 0 Å². The monoisotopic (exact) mass is 327 g/mol. The van der Waals surface area contributed by atoms with Gasteiger partial charge in [-0.15, -0.1) is 0 Å². The van der Waals surface area contributed by atoms with Crippen LogP contribution in [0.3, 0.4) is 0 Å². The maximum atomic E-state index is 13.5. The van der Waals surface area contributed by atoms with E-state index in [1.807, 2.05) is 0 Å². The molecule has 0 fully saturated rings. The predicted octanol–water partition coefficient (Wildman–Crippen LogP) is 3.27. The van der Waals surface area contributed by atoms with Crippen LogP contribution in [0.4, 0.5) is 15.9 Å². The van der Waals surface area contributed by atoms with Crippen LogP contribution in [-0.4, -0.2) is 9.91 Å². The summed E-state index contributed by atoms with van der Waals surface area (Å²) in [4.78, 5) is 13.6. The van der Waals surface area contributed by atoms with Crippen molar-refractivity contribution >= 4 is 27.4 Å². The molecule has 6 nitrogen and oxygen atoms in total. The van der Waals surface area contributed by atoms with Gasteiger partial charge in [-0.25, -0.2) is 4.39 Å². The van der Waals surface area contributed by atoms with E-state index >= 15 is 0 Å². The number of hydrogen-bond donors (Lipinski definition) is 1. The van der Waals surface area contributed by atoms with Crippen LogP contribution in [0, 0.1) is 15.9 Å². The third-order valence-electron chi connectivity index (χ3n) is 2.18. The van der Waals surface area contributed by atoms with Gasteiger partial charge in [0.1, 0.15) is 0 Å². The Labute approximate surface area is 115 Å². The first-order valence-electron chi connectivity index (χ1n) is 5.01. The minimum atomic E-state index is -0.661. The summed E-state index contributed by atoms with van der Waals surface area (Å²) in [5, 5.41) is 10.6. The standard InChI is InChI=1S/C11H7BrFN3O3/c12-6-1-2-7(13)9(5-6)19-10-4-3-8(16(17)18)11(14)15-10/h1-5H,(H2,14,15). The molecule has 19 heavy (non-hydrogen) atoms. The van der Waals surface area contributed by atoms with Crippen molar-refractivity contribution in [3.8, 4) is 11.6 Å². The number of nitrogen functional groups attached to an aromatic ring is 1. The SMILES string of the molecule is Nc1nc(Oc2cc(Br)ccc2F)ccc1[N+](=O)[O-]. The Hall–Kier alpha value is -2.22. The van der Waals surface area contributed by atoms with Crippen molar-refractivity contribution in [2.24, 2.45) is 0 Å². The van der Waals surface area contributed by atoms with E-state index < -0.39 is 10.7 Å². The molecule has 0 bridgehead atoms. The van der Waals surface area contributed by atoms with E-state index in [1.54, 1.807) is 0 Å². The van der Waals surface area contributed by atoms with Crippen LogP contribution in [0.1, 0.15) is 0 Å². The molecule has 0 atom stereocenters. The Morgan fingerprint density at radius 1 is 1.37 bits per heavy atom. The highest BCUT2D eigenvalue weighted by molar-refractivity contribution is 9.10. The normalized spacial score (nSPS) is 10.2. The van der Waals surface area contributed by atoms with Crippen molar-refractivity contribution in [3.05, 3.63) is 50.7 Å². The van der Waals surface area contributed by atoms with Gasteiger partial charge in [0.25, 0.3) is 0 Å². The predicted molar refractivity (Wildman–Crippen MR) is 69.5 cm³/mol. The second-order valence-corrected chi connectivity index (χ2v) is 4.40. The van der Waals surface area contributed by atoms with Crippen LogP contribution in [-0.2, 0) is 0 Å². The van der Waals surface area contributed by atoms with Crippen LogP contribution in [0.2, 0.25) is 0 Å². The van der Waals surface area contributed by atoms with E-state index in [2.05, 4.69) is 20.9 Å². The van der Waals surface area contributed by atoms with Crippen LogP contribution in [0.5, 0.6) is 11.6 Å². The molecule has 2 rings (SSSR count). The van der Waals surface area contributed by atoms with Gasteiger partial charge >= 0.3 is 5.69 Å². The highest BCUT2D eigenvalue weighted by Crippen LogP contribution is 2.29. The van der Waals surface area contributed by atoms with Gasteiger partial charge in [-0.1, -0.05) is 15.9 Å². The smallest absolute Gasteiger partial charge is 0.311 e. The molecule has 2 N–H and O–H groups in total. The number of anilines is 1. The summed E-state index contributed by atoms with van der Waals surface area (Å²) in [5.74, 6) is -0.963. The first-order chi connectivity index (χ1) is 8.97. The van der Waals surface area contributed by atoms with Crippen molar-refractivity contribution in [1.82, 2.24) is 4.98 Å². The van der Waals surface area contributed by atoms with Gasteiger partial charge in [-0.2, -0.15) is 4.98 Å². The molecule has 1 aromatic heterocycles. The van der Waals surface area contributed by atoms with E-state index in [4.69, 9.17) is 10.5 Å². The second kappa shape index (κ2) is 5.19. The number of ether oxygens (including phenoxy) is 1.